The molecule has 0 aliphatic carbocycles. The Morgan fingerprint density at radius 1 is 0.862 bits per heavy atom. The molecule has 0 radical (unpaired) electrons. The Labute approximate surface area is 171 Å². The largest absolute Gasteiger partial charge is 0.373 e. The number of nitrogens with zero attached hydrogens (tertiary/aromatic N) is 2. The molecule has 156 valence electrons. The summed E-state index contributed by atoms with van der Waals surface area (Å²) >= 11 is 0. The number of carbonyl (C=O) groups is 2. The van der Waals surface area contributed by atoms with E-state index in [1.807, 2.05) is 13.8 Å². The SMILES string of the molecule is C[C@@H]1CCC[C@@H](C)N1S(=O)(=O)c1ccc(N2C(=O)[C@@H]3[C@H](C2=O)[C@@H]2CC[C@H]3O2)cc1. The average molecular weight is 419 g/mol. The second-order valence-electron chi connectivity index (χ2n) is 8.81. The summed E-state index contributed by atoms with van der Waals surface area (Å²) in [5.74, 6) is -1.22. The molecule has 2 amide bonds. The fourth-order valence-electron chi connectivity index (χ4n) is 5.73. The fourth-order valence-corrected chi connectivity index (χ4v) is 7.61. The van der Waals surface area contributed by atoms with Gasteiger partial charge in [0.2, 0.25) is 21.8 Å². The second-order valence-corrected chi connectivity index (χ2v) is 10.7. The van der Waals surface area contributed by atoms with E-state index in [-0.39, 0.29) is 52.8 Å². The van der Waals surface area contributed by atoms with Gasteiger partial charge in [-0.05, 0) is 63.8 Å². The maximum atomic E-state index is 13.2. The van der Waals surface area contributed by atoms with Gasteiger partial charge in [0, 0.05) is 12.1 Å². The molecule has 0 spiro atoms. The quantitative estimate of drug-likeness (QED) is 0.704. The van der Waals surface area contributed by atoms with Crippen LogP contribution in [0.2, 0.25) is 0 Å². The van der Waals surface area contributed by atoms with Gasteiger partial charge in [0.15, 0.2) is 0 Å². The maximum absolute atomic E-state index is 13.2. The molecule has 8 heteroatoms. The molecule has 2 bridgehead atoms. The smallest absolute Gasteiger partial charge is 0.243 e. The number of fused-ring (bicyclic) bond motifs is 5. The van der Waals surface area contributed by atoms with Crippen LogP contribution in [0.4, 0.5) is 5.69 Å². The molecular formula is C21H26N2O5S. The summed E-state index contributed by atoms with van der Waals surface area (Å²) < 4.78 is 33.7. The molecule has 7 nitrogen and oxygen atoms in total. The third-order valence-corrected chi connectivity index (χ3v) is 9.21. The second kappa shape index (κ2) is 6.62. The molecule has 1 aromatic carbocycles. The van der Waals surface area contributed by atoms with Crippen LogP contribution in [-0.4, -0.2) is 48.8 Å². The zero-order valence-corrected chi connectivity index (χ0v) is 17.5. The van der Waals surface area contributed by atoms with Crippen molar-refractivity contribution < 1.29 is 22.7 Å². The number of carbonyl (C=O) groups excluding carboxylic acids is 2. The van der Waals surface area contributed by atoms with Gasteiger partial charge in [0.1, 0.15) is 0 Å². The Bertz CT molecular complexity index is 922. The molecule has 0 N–H and O–H groups in total. The van der Waals surface area contributed by atoms with Gasteiger partial charge >= 0.3 is 0 Å². The lowest BCUT2D eigenvalue weighted by molar-refractivity contribution is -0.124. The van der Waals surface area contributed by atoms with E-state index in [0.717, 1.165) is 32.1 Å². The van der Waals surface area contributed by atoms with Crippen molar-refractivity contribution in [3.05, 3.63) is 24.3 Å². The molecule has 6 atom stereocenters. The highest BCUT2D eigenvalue weighted by Crippen LogP contribution is 2.49. The van der Waals surface area contributed by atoms with Crippen LogP contribution in [0, 0.1) is 11.8 Å². The van der Waals surface area contributed by atoms with Crippen LogP contribution in [-0.2, 0) is 24.3 Å². The maximum Gasteiger partial charge on any atom is 0.243 e. The normalized spacial score (nSPS) is 37.4. The van der Waals surface area contributed by atoms with Crippen molar-refractivity contribution in [1.82, 2.24) is 4.31 Å². The van der Waals surface area contributed by atoms with Crippen molar-refractivity contribution in [1.29, 1.82) is 0 Å². The zero-order chi connectivity index (χ0) is 20.5. The zero-order valence-electron chi connectivity index (χ0n) is 16.7. The summed E-state index contributed by atoms with van der Waals surface area (Å²) in [7, 11) is -3.63. The molecule has 5 rings (SSSR count). The lowest BCUT2D eigenvalue weighted by atomic mass is 9.81. The number of ether oxygens (including phenoxy) is 1. The summed E-state index contributed by atoms with van der Waals surface area (Å²) in [6, 6.07) is 6.09. The first-order valence-electron chi connectivity index (χ1n) is 10.5. The minimum Gasteiger partial charge on any atom is -0.373 e. The summed E-state index contributed by atoms with van der Waals surface area (Å²) in [4.78, 5) is 27.2. The number of hydrogen-bond acceptors (Lipinski definition) is 5. The summed E-state index contributed by atoms with van der Waals surface area (Å²) in [6.45, 7) is 3.89. The molecular weight excluding hydrogens is 392 g/mol. The average Bonchev–Trinajstić information content (AvgIpc) is 3.35. The first kappa shape index (κ1) is 19.2. The number of rotatable bonds is 3. The van der Waals surface area contributed by atoms with Crippen molar-refractivity contribution in [2.75, 3.05) is 4.90 Å². The first-order valence-corrected chi connectivity index (χ1v) is 11.9. The van der Waals surface area contributed by atoms with Gasteiger partial charge < -0.3 is 4.74 Å². The van der Waals surface area contributed by atoms with E-state index < -0.39 is 10.0 Å². The first-order chi connectivity index (χ1) is 13.8. The third kappa shape index (κ3) is 2.72. The molecule has 4 aliphatic rings. The van der Waals surface area contributed by atoms with Gasteiger partial charge in [-0.2, -0.15) is 4.31 Å². The Morgan fingerprint density at radius 2 is 1.38 bits per heavy atom. The van der Waals surface area contributed by atoms with Crippen LogP contribution < -0.4 is 4.90 Å². The Morgan fingerprint density at radius 3 is 1.90 bits per heavy atom. The minimum absolute atomic E-state index is 0.0417. The molecule has 1 aromatic rings. The van der Waals surface area contributed by atoms with Crippen LogP contribution >= 0.6 is 0 Å². The number of anilines is 1. The molecule has 4 heterocycles. The van der Waals surface area contributed by atoms with E-state index in [0.29, 0.717) is 5.69 Å². The molecule has 4 fully saturated rings. The summed E-state index contributed by atoms with van der Waals surface area (Å²) in [5.41, 5.74) is 0.437. The lowest BCUT2D eigenvalue weighted by Gasteiger charge is -2.37. The molecule has 0 aromatic heterocycles. The van der Waals surface area contributed by atoms with E-state index in [1.165, 1.54) is 17.0 Å². The highest BCUT2D eigenvalue weighted by atomic mass is 32.2. The van der Waals surface area contributed by atoms with Crippen LogP contribution in [0.25, 0.3) is 0 Å². The van der Waals surface area contributed by atoms with Gasteiger partial charge in [-0.1, -0.05) is 6.42 Å². The van der Waals surface area contributed by atoms with Gasteiger partial charge in [-0.15, -0.1) is 0 Å². The topological polar surface area (TPSA) is 84.0 Å². The van der Waals surface area contributed by atoms with Crippen molar-refractivity contribution in [3.8, 4) is 0 Å². The van der Waals surface area contributed by atoms with Gasteiger partial charge in [-0.25, -0.2) is 13.3 Å². The fraction of sp³-hybridized carbons (Fsp3) is 0.619. The molecule has 4 aliphatic heterocycles. The van der Waals surface area contributed by atoms with Crippen LogP contribution in [0.3, 0.4) is 0 Å². The van der Waals surface area contributed by atoms with Crippen molar-refractivity contribution in [3.63, 3.8) is 0 Å². The summed E-state index contributed by atoms with van der Waals surface area (Å²) in [6.07, 6.45) is 4.06. The van der Waals surface area contributed by atoms with Gasteiger partial charge in [-0.3, -0.25) is 9.59 Å². The monoisotopic (exact) mass is 418 g/mol. The standard InChI is InChI=1S/C21H26N2O5S/c1-12-4-3-5-13(2)23(12)29(26,27)15-8-6-14(7-9-15)22-20(24)18-16-10-11-17(28-16)19(18)21(22)25/h6-9,12-13,16-19H,3-5,10-11H2,1-2H3/t12-,13-,16-,17+,18+,19-/m1/s1. The predicted molar refractivity (Wildman–Crippen MR) is 106 cm³/mol. The van der Waals surface area contributed by atoms with Crippen LogP contribution in [0.1, 0.15) is 46.0 Å². The lowest BCUT2D eigenvalue weighted by Crippen LogP contribution is -2.47. The Hall–Kier alpha value is -1.77. The Balaban J connectivity index is 1.42. The Kier molecular flexibility index (Phi) is 4.38. The van der Waals surface area contributed by atoms with Crippen molar-refractivity contribution in [2.45, 2.75) is 75.1 Å². The molecule has 0 unspecified atom stereocenters. The van der Waals surface area contributed by atoms with E-state index in [2.05, 4.69) is 0 Å². The van der Waals surface area contributed by atoms with Crippen LogP contribution in [0.15, 0.2) is 29.2 Å². The number of amides is 2. The number of benzene rings is 1. The number of hydrogen-bond donors (Lipinski definition) is 0. The molecule has 29 heavy (non-hydrogen) atoms. The summed E-state index contributed by atoms with van der Waals surface area (Å²) in [5, 5.41) is 0. The predicted octanol–water partition coefficient (Wildman–Crippen LogP) is 2.30. The highest BCUT2D eigenvalue weighted by Gasteiger charge is 2.62. The third-order valence-electron chi connectivity index (χ3n) is 7.07. The van der Waals surface area contributed by atoms with E-state index >= 15 is 0 Å². The van der Waals surface area contributed by atoms with Crippen molar-refractivity contribution in [2.24, 2.45) is 11.8 Å². The minimum atomic E-state index is -3.63. The number of sulfonamides is 1. The van der Waals surface area contributed by atoms with E-state index in [9.17, 15) is 18.0 Å². The molecule has 0 saturated carbocycles. The number of imide groups is 1. The van der Waals surface area contributed by atoms with Gasteiger partial charge in [0.05, 0.1) is 34.6 Å². The van der Waals surface area contributed by atoms with E-state index in [4.69, 9.17) is 4.74 Å². The van der Waals surface area contributed by atoms with Crippen LogP contribution in [0.5, 0.6) is 0 Å². The highest BCUT2D eigenvalue weighted by molar-refractivity contribution is 7.89. The van der Waals surface area contributed by atoms with Crippen molar-refractivity contribution >= 4 is 27.5 Å². The molecule has 4 saturated heterocycles. The van der Waals surface area contributed by atoms with Gasteiger partial charge in [0.25, 0.3) is 0 Å². The number of piperidine rings is 1. The van der Waals surface area contributed by atoms with E-state index in [1.54, 1.807) is 16.4 Å².